The fourth-order valence-electron chi connectivity index (χ4n) is 1.44. The first-order chi connectivity index (χ1) is 20.0. The van der Waals surface area contributed by atoms with Crippen molar-refractivity contribution in [1.82, 2.24) is 0 Å². The van der Waals surface area contributed by atoms with Crippen LogP contribution in [0.1, 0.15) is 0 Å². The van der Waals surface area contributed by atoms with Crippen molar-refractivity contribution in [3.8, 4) is 0 Å². The summed E-state index contributed by atoms with van der Waals surface area (Å²) in [5.41, 5.74) is 0. The molecule has 0 saturated heterocycles. The molecule has 0 saturated carbocycles. The number of hydrogen-bond acceptors (Lipinski definition) is 0. The molecule has 45 heavy (non-hydrogen) atoms. The second-order valence-electron chi connectivity index (χ2n) is 5.46. The molecule has 0 unspecified atom stereocenters. The van der Waals surface area contributed by atoms with Gasteiger partial charge in [0.2, 0.25) is 0 Å². The molecule has 0 amide bonds. The van der Waals surface area contributed by atoms with Crippen LogP contribution in [0.5, 0.6) is 0 Å². The van der Waals surface area contributed by atoms with E-state index in [0.29, 0.717) is 0 Å². The molecule has 8 aromatic rings. The molecule has 0 spiro atoms. The monoisotopic (exact) mass is 920 g/mol. The van der Waals surface area contributed by atoms with E-state index in [0.717, 1.165) is 0 Å². The third kappa shape index (κ3) is 46.3. The summed E-state index contributed by atoms with van der Waals surface area (Å²) in [5, 5.41) is 0. The van der Waals surface area contributed by atoms with Crippen molar-refractivity contribution < 1.29 is 68.3 Å². The Morgan fingerprint density at radius 3 is 0.244 bits per heavy atom. The molecule has 5 heteroatoms. The van der Waals surface area contributed by atoms with E-state index in [1.54, 1.807) is 48.5 Å². The number of rotatable bonds is 0. The molecule has 0 aliphatic carbocycles. The van der Waals surface area contributed by atoms with Gasteiger partial charge in [0.1, 0.15) is 0 Å². The second kappa shape index (κ2) is 48.7. The molecule has 0 heterocycles. The molecule has 0 aliphatic rings. The van der Waals surface area contributed by atoms with Crippen LogP contribution < -0.4 is 0 Å². The quantitative estimate of drug-likeness (QED) is 0.156. The first-order valence-electron chi connectivity index (χ1n) is 10.6. The fraction of sp³-hybridized carbons (Fsp3) is 0. The molecule has 8 rings (SSSR count). The first kappa shape index (κ1) is 52.3. The van der Waals surface area contributed by atoms with Gasteiger partial charge >= 0.3 is 0 Å². The Labute approximate surface area is 334 Å². The summed E-state index contributed by atoms with van der Waals surface area (Å²) in [6, 6.07) is 96.0. The minimum Gasteiger partial charge on any atom is -0.999 e. The third-order valence-electron chi connectivity index (χ3n) is 2.81. The van der Waals surface area contributed by atoms with E-state index < -0.39 is 0 Å². The van der Waals surface area contributed by atoms with Crippen molar-refractivity contribution in [3.63, 3.8) is 0 Å². The first-order valence-corrected chi connectivity index (χ1v) is 10.6. The second-order valence-corrected chi connectivity index (χ2v) is 5.46. The van der Waals surface area contributed by atoms with Crippen molar-refractivity contribution >= 4 is 27.3 Å². The Morgan fingerprint density at radius 2 is 0.222 bits per heavy atom. The van der Waals surface area contributed by atoms with Gasteiger partial charge in [0.15, 0.2) is 0 Å². The SMILES string of the molecule is [Fe].[Fe].[Fe].[Fe].[Pb].[c-]1[c-][c-][cH-][c-]1.[c-]1[c-][c-][cH-][c-]1.[c-]1[c-][c-][cH-][c-]1.[c-]1[c-][c-][cH-][c-]1.[c-]1[c-][c-][cH-][c-]1.[c-]1[c-][c-][cH-][c-]1.[c-]1[c-][c-][cH-][c-]1.[c-]1[c-][c-][cH-][c-]1. The summed E-state index contributed by atoms with van der Waals surface area (Å²) in [6.07, 6.45) is 0. The predicted octanol–water partition coefficient (Wildman–Crippen LogP) is 4.46. The van der Waals surface area contributed by atoms with Crippen molar-refractivity contribution in [2.24, 2.45) is 0 Å². The summed E-state index contributed by atoms with van der Waals surface area (Å²) in [7, 11) is 0. The average Bonchev–Trinajstić information content (AvgIpc) is 3.95. The third-order valence-corrected chi connectivity index (χ3v) is 2.81. The maximum atomic E-state index is 2.62. The molecule has 0 N–H and O–H groups in total. The Bertz CT molecular complexity index is 793. The molecule has 8 aromatic carbocycles. The van der Waals surface area contributed by atoms with Crippen LogP contribution in [-0.4, -0.2) is 27.3 Å². The van der Waals surface area contributed by atoms with Crippen LogP contribution in [0, 0.1) is 194 Å². The molecule has 0 aromatic heterocycles. The zero-order chi connectivity index (χ0) is 28.3. The van der Waals surface area contributed by atoms with E-state index in [-0.39, 0.29) is 95.6 Å². The minimum atomic E-state index is 0. The van der Waals surface area contributed by atoms with Gasteiger partial charge in [-0.25, -0.2) is 0 Å². The Kier molecular flexibility index (Phi) is 56.6. The van der Waals surface area contributed by atoms with E-state index in [2.05, 4.69) is 194 Å². The van der Waals surface area contributed by atoms with Crippen LogP contribution in [0.25, 0.3) is 0 Å². The molecule has 0 bridgehead atoms. The molecule has 0 fully saturated rings. The van der Waals surface area contributed by atoms with Gasteiger partial charge in [-0.1, -0.05) is 0 Å². The Morgan fingerprint density at radius 1 is 0.156 bits per heavy atom. The van der Waals surface area contributed by atoms with Crippen LogP contribution >= 0.6 is 0 Å². The van der Waals surface area contributed by atoms with Crippen LogP contribution in [0.15, 0.2) is 48.5 Å². The van der Waals surface area contributed by atoms with Crippen LogP contribution in [-0.2, 0) is 68.3 Å². The number of hydrogen-bond donors (Lipinski definition) is 0. The zero-order valence-corrected chi connectivity index (χ0v) is 30.8. The van der Waals surface area contributed by atoms with Crippen molar-refractivity contribution in [3.05, 3.63) is 243 Å². The minimum absolute atomic E-state index is 0. The summed E-state index contributed by atoms with van der Waals surface area (Å²) in [6.45, 7) is 0. The smallest absolute Gasteiger partial charge is 0 e. The maximum absolute atomic E-state index is 2.62. The van der Waals surface area contributed by atoms with Crippen LogP contribution in [0.4, 0.5) is 0 Å². The summed E-state index contributed by atoms with van der Waals surface area (Å²) < 4.78 is 0. The van der Waals surface area contributed by atoms with Gasteiger partial charge in [-0.3, -0.25) is 0 Å². The molecule has 0 nitrogen and oxygen atoms in total. The van der Waals surface area contributed by atoms with Gasteiger partial charge < -0.3 is 243 Å². The average molecular weight is 919 g/mol. The standard InChI is InChI=1S/8C5H.4Fe.Pb/c8*1-2-4-5-3-1;;;;;/h8*1H;;;;;/q8*-5;;;;;. The van der Waals surface area contributed by atoms with Gasteiger partial charge in [0.25, 0.3) is 0 Å². The molecular formula is C40H8Fe4Pb-40. The molecule has 0 atom stereocenters. The molecule has 244 valence electrons. The molecule has 4 radical (unpaired) electrons. The predicted molar refractivity (Wildman–Crippen MR) is 145 cm³/mol. The Balaban J connectivity index is -0.000000133. The van der Waals surface area contributed by atoms with Gasteiger partial charge in [0, 0.05) is 95.6 Å². The van der Waals surface area contributed by atoms with Crippen LogP contribution in [0.3, 0.4) is 0 Å². The normalized spacial score (nSPS) is 7.11. The van der Waals surface area contributed by atoms with E-state index in [1.165, 1.54) is 0 Å². The van der Waals surface area contributed by atoms with Crippen LogP contribution in [0.2, 0.25) is 0 Å². The largest absolute Gasteiger partial charge is 0.999 e. The van der Waals surface area contributed by atoms with Gasteiger partial charge in [-0.05, 0) is 0 Å². The summed E-state index contributed by atoms with van der Waals surface area (Å²) >= 11 is 0. The Hall–Kier alpha value is -2.20. The fourth-order valence-corrected chi connectivity index (χ4v) is 1.44. The van der Waals surface area contributed by atoms with E-state index in [4.69, 9.17) is 0 Å². The van der Waals surface area contributed by atoms with Crippen molar-refractivity contribution in [2.45, 2.75) is 0 Å². The van der Waals surface area contributed by atoms with Gasteiger partial charge in [-0.15, -0.1) is 0 Å². The van der Waals surface area contributed by atoms with E-state index in [9.17, 15) is 0 Å². The maximum Gasteiger partial charge on any atom is 0 e. The van der Waals surface area contributed by atoms with Gasteiger partial charge in [0.05, 0.1) is 0 Å². The topological polar surface area (TPSA) is 0 Å². The summed E-state index contributed by atoms with van der Waals surface area (Å²) in [5.74, 6) is 0. The molecule has 0 aliphatic heterocycles. The van der Waals surface area contributed by atoms with Crippen molar-refractivity contribution in [2.75, 3.05) is 0 Å². The van der Waals surface area contributed by atoms with E-state index >= 15 is 0 Å². The van der Waals surface area contributed by atoms with E-state index in [1.807, 2.05) is 0 Å². The summed E-state index contributed by atoms with van der Waals surface area (Å²) in [4.78, 5) is 0. The zero-order valence-electron chi connectivity index (χ0n) is 22.5. The molecular weight excluding hydrogens is 911 g/mol. The van der Waals surface area contributed by atoms with Gasteiger partial charge in [-0.2, -0.15) is 0 Å². The van der Waals surface area contributed by atoms with Crippen molar-refractivity contribution in [1.29, 1.82) is 0 Å².